The van der Waals surface area contributed by atoms with Crippen LogP contribution in [0.3, 0.4) is 0 Å². The summed E-state index contributed by atoms with van der Waals surface area (Å²) in [5, 5.41) is 0. The molecule has 1 heterocycles. The molecule has 1 aliphatic rings. The molecule has 1 atom stereocenters. The van der Waals surface area contributed by atoms with Crippen LogP contribution in [-0.4, -0.2) is 62.1 Å². The van der Waals surface area contributed by atoms with Gasteiger partial charge in [-0.25, -0.2) is 0 Å². The average molecular weight is 334 g/mol. The maximum absolute atomic E-state index is 12.6. The third kappa shape index (κ3) is 4.71. The molecule has 6 nitrogen and oxygen atoms in total. The topological polar surface area (TPSA) is 59.1 Å². The molecular weight excluding hydrogens is 308 g/mol. The molecule has 0 spiro atoms. The van der Waals surface area contributed by atoms with Crippen molar-refractivity contribution in [2.75, 3.05) is 40.5 Å². The Morgan fingerprint density at radius 3 is 2.67 bits per heavy atom. The smallest absolute Gasteiger partial charge is 0.228 e. The van der Waals surface area contributed by atoms with Gasteiger partial charge in [-0.1, -0.05) is 12.1 Å². The Balaban J connectivity index is 1.89. The van der Waals surface area contributed by atoms with E-state index in [4.69, 9.17) is 9.47 Å². The Morgan fingerprint density at radius 2 is 2.04 bits per heavy atom. The molecule has 1 aromatic rings. The highest BCUT2D eigenvalue weighted by Gasteiger charge is 2.35. The molecule has 0 bridgehead atoms. The first-order valence-corrected chi connectivity index (χ1v) is 8.28. The zero-order valence-electron chi connectivity index (χ0n) is 14.7. The molecule has 2 rings (SSSR count). The van der Waals surface area contributed by atoms with E-state index in [1.807, 2.05) is 31.2 Å². The van der Waals surface area contributed by atoms with Crippen molar-refractivity contribution in [3.8, 4) is 5.75 Å². The van der Waals surface area contributed by atoms with Crippen molar-refractivity contribution in [3.05, 3.63) is 29.8 Å². The monoisotopic (exact) mass is 334 g/mol. The lowest BCUT2D eigenvalue weighted by Crippen LogP contribution is -2.35. The number of rotatable bonds is 8. The maximum Gasteiger partial charge on any atom is 0.228 e. The fourth-order valence-corrected chi connectivity index (χ4v) is 2.88. The minimum atomic E-state index is -0.262. The summed E-state index contributed by atoms with van der Waals surface area (Å²) in [6.07, 6.45) is 0.288. The van der Waals surface area contributed by atoms with Crippen LogP contribution in [0.25, 0.3) is 0 Å². The van der Waals surface area contributed by atoms with Crippen molar-refractivity contribution in [1.29, 1.82) is 0 Å². The van der Waals surface area contributed by atoms with Crippen LogP contribution >= 0.6 is 0 Å². The molecule has 0 N–H and O–H groups in total. The molecule has 0 aromatic heterocycles. The molecular formula is C18H26N2O4. The molecule has 1 aliphatic heterocycles. The van der Waals surface area contributed by atoms with Crippen molar-refractivity contribution >= 4 is 11.8 Å². The summed E-state index contributed by atoms with van der Waals surface area (Å²) in [6.45, 7) is 4.62. The van der Waals surface area contributed by atoms with Crippen molar-refractivity contribution in [1.82, 2.24) is 9.80 Å². The van der Waals surface area contributed by atoms with Crippen LogP contribution < -0.4 is 4.74 Å². The number of carbonyl (C=O) groups excluding carboxylic acids is 2. The van der Waals surface area contributed by atoms with Crippen LogP contribution in [0.4, 0.5) is 0 Å². The third-order valence-electron chi connectivity index (χ3n) is 4.16. The first-order chi connectivity index (χ1) is 11.5. The van der Waals surface area contributed by atoms with E-state index in [2.05, 4.69) is 0 Å². The van der Waals surface area contributed by atoms with E-state index in [0.717, 1.165) is 11.3 Å². The van der Waals surface area contributed by atoms with Crippen LogP contribution in [0.15, 0.2) is 24.3 Å². The number of amides is 2. The van der Waals surface area contributed by atoms with Gasteiger partial charge in [-0.05, 0) is 24.6 Å². The van der Waals surface area contributed by atoms with Crippen LogP contribution in [0.1, 0.15) is 18.9 Å². The molecule has 0 aliphatic carbocycles. The highest BCUT2D eigenvalue weighted by Crippen LogP contribution is 2.21. The Bertz CT molecular complexity index is 559. The molecule has 0 unspecified atom stereocenters. The van der Waals surface area contributed by atoms with Gasteiger partial charge < -0.3 is 19.3 Å². The minimum absolute atomic E-state index is 0.0113. The molecule has 0 radical (unpaired) electrons. The summed E-state index contributed by atoms with van der Waals surface area (Å²) >= 11 is 0. The minimum Gasteiger partial charge on any atom is -0.494 e. The number of likely N-dealkylation sites (tertiary alicyclic amines) is 1. The van der Waals surface area contributed by atoms with Gasteiger partial charge in [0.1, 0.15) is 5.75 Å². The Labute approximate surface area is 143 Å². The molecule has 24 heavy (non-hydrogen) atoms. The van der Waals surface area contributed by atoms with E-state index in [-0.39, 0.29) is 24.2 Å². The number of hydrogen-bond donors (Lipinski definition) is 0. The Kier molecular flexibility index (Phi) is 6.61. The lowest BCUT2D eigenvalue weighted by atomic mass is 10.1. The van der Waals surface area contributed by atoms with E-state index in [0.29, 0.717) is 32.8 Å². The molecule has 132 valence electrons. The van der Waals surface area contributed by atoms with Crippen molar-refractivity contribution < 1.29 is 19.1 Å². The van der Waals surface area contributed by atoms with Gasteiger partial charge in [0, 0.05) is 40.2 Å². The van der Waals surface area contributed by atoms with Gasteiger partial charge in [0.15, 0.2) is 0 Å². The second-order valence-corrected chi connectivity index (χ2v) is 6.00. The van der Waals surface area contributed by atoms with Gasteiger partial charge in [0.05, 0.1) is 19.1 Å². The van der Waals surface area contributed by atoms with Gasteiger partial charge in [-0.2, -0.15) is 0 Å². The highest BCUT2D eigenvalue weighted by atomic mass is 16.5. The third-order valence-corrected chi connectivity index (χ3v) is 4.16. The number of benzene rings is 1. The van der Waals surface area contributed by atoms with Gasteiger partial charge in [0.25, 0.3) is 0 Å². The summed E-state index contributed by atoms with van der Waals surface area (Å²) in [6, 6.07) is 7.73. The quantitative estimate of drug-likeness (QED) is 0.723. The highest BCUT2D eigenvalue weighted by molar-refractivity contribution is 5.89. The zero-order chi connectivity index (χ0) is 17.5. The second kappa shape index (κ2) is 8.68. The fourth-order valence-electron chi connectivity index (χ4n) is 2.88. The van der Waals surface area contributed by atoms with E-state index in [1.54, 1.807) is 24.0 Å². The van der Waals surface area contributed by atoms with Crippen molar-refractivity contribution in [2.45, 2.75) is 19.9 Å². The van der Waals surface area contributed by atoms with Crippen LogP contribution in [-0.2, 0) is 20.9 Å². The summed E-state index contributed by atoms with van der Waals surface area (Å²) in [5.41, 5.74) is 1.04. The molecule has 0 saturated carbocycles. The zero-order valence-corrected chi connectivity index (χ0v) is 14.7. The first-order valence-electron chi connectivity index (χ1n) is 8.28. The molecule has 6 heteroatoms. The molecule has 1 aromatic carbocycles. The summed E-state index contributed by atoms with van der Waals surface area (Å²) in [4.78, 5) is 27.9. The van der Waals surface area contributed by atoms with Gasteiger partial charge in [0.2, 0.25) is 11.8 Å². The fraction of sp³-hybridized carbons (Fsp3) is 0.556. The lowest BCUT2D eigenvalue weighted by molar-refractivity contribution is -0.135. The van der Waals surface area contributed by atoms with Crippen molar-refractivity contribution in [3.63, 3.8) is 0 Å². The summed E-state index contributed by atoms with van der Waals surface area (Å²) in [7, 11) is 3.38. The van der Waals surface area contributed by atoms with Crippen LogP contribution in [0.5, 0.6) is 5.75 Å². The number of carbonyl (C=O) groups is 2. The van der Waals surface area contributed by atoms with Crippen LogP contribution in [0.2, 0.25) is 0 Å². The maximum atomic E-state index is 12.6. The lowest BCUT2D eigenvalue weighted by Gasteiger charge is -2.21. The predicted octanol–water partition coefficient (Wildman–Crippen LogP) is 1.54. The number of hydrogen-bond acceptors (Lipinski definition) is 4. The van der Waals surface area contributed by atoms with E-state index < -0.39 is 0 Å². The number of ether oxygens (including phenoxy) is 2. The standard InChI is InChI=1S/C18H26N2O4/c1-4-24-16-7-5-14(6-8-16)12-19(2)18(22)15-11-17(21)20(13-15)9-10-23-3/h5-8,15H,4,9-13H2,1-3H3/t15-/m0/s1. The van der Waals surface area contributed by atoms with Gasteiger partial charge >= 0.3 is 0 Å². The predicted molar refractivity (Wildman–Crippen MR) is 90.6 cm³/mol. The summed E-state index contributed by atoms with van der Waals surface area (Å²) < 4.78 is 10.4. The van der Waals surface area contributed by atoms with Gasteiger partial charge in [-0.15, -0.1) is 0 Å². The SMILES string of the molecule is CCOc1ccc(CN(C)C(=O)[C@H]2CC(=O)N(CCOC)C2)cc1. The number of nitrogens with zero attached hydrogens (tertiary/aromatic N) is 2. The summed E-state index contributed by atoms with van der Waals surface area (Å²) in [5.74, 6) is 0.601. The number of methoxy groups -OCH3 is 1. The van der Waals surface area contributed by atoms with Gasteiger partial charge in [-0.3, -0.25) is 9.59 Å². The molecule has 1 fully saturated rings. The Hall–Kier alpha value is -2.08. The molecule has 1 saturated heterocycles. The Morgan fingerprint density at radius 1 is 1.33 bits per heavy atom. The largest absolute Gasteiger partial charge is 0.494 e. The normalized spacial score (nSPS) is 17.2. The van der Waals surface area contributed by atoms with Crippen LogP contribution in [0, 0.1) is 5.92 Å². The molecule has 2 amide bonds. The van der Waals surface area contributed by atoms with E-state index >= 15 is 0 Å². The van der Waals surface area contributed by atoms with E-state index in [9.17, 15) is 9.59 Å². The van der Waals surface area contributed by atoms with E-state index in [1.165, 1.54) is 0 Å². The second-order valence-electron chi connectivity index (χ2n) is 6.00. The first kappa shape index (κ1) is 18.3. The average Bonchev–Trinajstić information content (AvgIpc) is 2.95. The van der Waals surface area contributed by atoms with Crippen molar-refractivity contribution in [2.24, 2.45) is 5.92 Å².